The summed E-state index contributed by atoms with van der Waals surface area (Å²) in [5.41, 5.74) is 10.2. The molecule has 3 aromatic rings. The van der Waals surface area contributed by atoms with E-state index in [2.05, 4.69) is 26.8 Å². The van der Waals surface area contributed by atoms with E-state index in [-0.39, 0.29) is 5.91 Å². The maximum Gasteiger partial charge on any atom is 0.262 e. The number of nitrogens with zero attached hydrogens (tertiary/aromatic N) is 4. The number of carbonyl (C=O) groups is 1. The molecule has 26 heavy (non-hydrogen) atoms. The molecule has 0 saturated heterocycles. The third kappa shape index (κ3) is 2.87. The number of rotatable bonds is 1. The Balaban J connectivity index is 1.69. The fraction of sp³-hybridized carbons (Fsp3) is 0.100. The van der Waals surface area contributed by atoms with Gasteiger partial charge in [-0.2, -0.15) is 0 Å². The quantitative estimate of drug-likeness (QED) is 0.685. The lowest BCUT2D eigenvalue weighted by molar-refractivity contribution is -0.123. The molecule has 0 aliphatic carbocycles. The van der Waals surface area contributed by atoms with E-state index in [1.165, 1.54) is 6.33 Å². The van der Waals surface area contributed by atoms with Crippen LogP contribution in [0.3, 0.4) is 0 Å². The van der Waals surface area contributed by atoms with E-state index in [9.17, 15) is 4.79 Å². The molecule has 0 atom stereocenters. The zero-order chi connectivity index (χ0) is 18.1. The van der Waals surface area contributed by atoms with Crippen LogP contribution < -0.4 is 5.73 Å². The van der Waals surface area contributed by atoms with Gasteiger partial charge in [-0.1, -0.05) is 24.0 Å². The Bertz CT molecular complexity index is 1120. The fourth-order valence-electron chi connectivity index (χ4n) is 2.72. The van der Waals surface area contributed by atoms with E-state index >= 15 is 0 Å². The maximum absolute atomic E-state index is 11.9. The Morgan fingerprint density at radius 2 is 2.04 bits per heavy atom. The summed E-state index contributed by atoms with van der Waals surface area (Å²) in [6.07, 6.45) is 3.26. The Labute approximate surface area is 150 Å². The summed E-state index contributed by atoms with van der Waals surface area (Å²) in [6, 6.07) is 11.5. The van der Waals surface area contributed by atoms with Gasteiger partial charge in [-0.3, -0.25) is 4.79 Å². The summed E-state index contributed by atoms with van der Waals surface area (Å²) in [5, 5.41) is 0. The molecular weight excluding hydrogens is 326 g/mol. The minimum Gasteiger partial charge on any atom is -0.382 e. The van der Waals surface area contributed by atoms with Crippen LogP contribution in [0.5, 0.6) is 0 Å². The third-order valence-electron chi connectivity index (χ3n) is 4.16. The van der Waals surface area contributed by atoms with Crippen molar-refractivity contribution in [1.82, 2.24) is 19.9 Å². The number of anilines is 1. The van der Waals surface area contributed by atoms with Crippen LogP contribution in [0.4, 0.5) is 5.82 Å². The molecule has 3 heterocycles. The molecule has 1 aromatic carbocycles. The molecule has 0 radical (unpaired) electrons. The molecule has 126 valence electrons. The average Bonchev–Trinajstić information content (AvgIpc) is 2.99. The van der Waals surface area contributed by atoms with Crippen LogP contribution in [0.15, 0.2) is 54.4 Å². The lowest BCUT2D eigenvalue weighted by Crippen LogP contribution is -2.21. The predicted octanol–water partition coefficient (Wildman–Crippen LogP) is 2.02. The van der Waals surface area contributed by atoms with E-state index in [0.29, 0.717) is 29.0 Å². The van der Waals surface area contributed by atoms with Crippen LogP contribution in [0.2, 0.25) is 0 Å². The number of aromatic nitrogens is 3. The largest absolute Gasteiger partial charge is 0.382 e. The monoisotopic (exact) mass is 341 g/mol. The Morgan fingerprint density at radius 3 is 2.85 bits per heavy atom. The van der Waals surface area contributed by atoms with E-state index < -0.39 is 0 Å². The van der Waals surface area contributed by atoms with Crippen molar-refractivity contribution in [2.75, 3.05) is 19.3 Å². The zero-order valence-electron chi connectivity index (χ0n) is 14.1. The highest BCUT2D eigenvalue weighted by Crippen LogP contribution is 2.22. The molecule has 1 aliphatic heterocycles. The highest BCUT2D eigenvalue weighted by Gasteiger charge is 2.18. The number of benzene rings is 1. The molecule has 0 bridgehead atoms. The van der Waals surface area contributed by atoms with Gasteiger partial charge < -0.3 is 10.6 Å². The molecule has 0 unspecified atom stereocenters. The first kappa shape index (κ1) is 15.8. The normalized spacial score (nSPS) is 13.5. The number of hydrogen-bond donors (Lipinski definition) is 1. The van der Waals surface area contributed by atoms with Crippen LogP contribution in [0.25, 0.3) is 22.3 Å². The van der Waals surface area contributed by atoms with Crippen LogP contribution in [0, 0.1) is 11.8 Å². The van der Waals surface area contributed by atoms with E-state index in [0.717, 1.165) is 16.8 Å². The summed E-state index contributed by atoms with van der Waals surface area (Å²) in [7, 11) is 1.76. The second kappa shape index (κ2) is 6.30. The van der Waals surface area contributed by atoms with Crippen molar-refractivity contribution in [3.05, 3.63) is 59.9 Å². The van der Waals surface area contributed by atoms with E-state index in [1.54, 1.807) is 11.9 Å². The standard InChI is InChI=1S/C20H15N5O/c1-25-10-9-14(20(25)26)6-5-13-3-2-4-15(11-13)16-7-8-17-18(24-16)19(21)23-12-22-17/h2-4,7-9,11-12H,10H2,1H3,(H2,21,22,23). The van der Waals surface area contributed by atoms with Gasteiger partial charge in [0.25, 0.3) is 5.91 Å². The Hall–Kier alpha value is -3.72. The van der Waals surface area contributed by atoms with Crippen molar-refractivity contribution < 1.29 is 4.79 Å². The van der Waals surface area contributed by atoms with Gasteiger partial charge in [0, 0.05) is 24.7 Å². The highest BCUT2D eigenvalue weighted by molar-refractivity contribution is 6.00. The zero-order valence-corrected chi connectivity index (χ0v) is 14.1. The van der Waals surface area contributed by atoms with Crippen molar-refractivity contribution in [3.63, 3.8) is 0 Å². The lowest BCUT2D eigenvalue weighted by atomic mass is 10.1. The maximum atomic E-state index is 11.9. The molecule has 2 N–H and O–H groups in total. The molecule has 6 heteroatoms. The van der Waals surface area contributed by atoms with Gasteiger partial charge in [-0.15, -0.1) is 0 Å². The molecule has 1 amide bonds. The van der Waals surface area contributed by atoms with Gasteiger partial charge in [-0.25, -0.2) is 15.0 Å². The minimum atomic E-state index is -0.0414. The molecule has 0 saturated carbocycles. The molecule has 4 rings (SSSR count). The summed E-state index contributed by atoms with van der Waals surface area (Å²) < 4.78 is 0. The highest BCUT2D eigenvalue weighted by atomic mass is 16.2. The van der Waals surface area contributed by atoms with Crippen LogP contribution >= 0.6 is 0 Å². The SMILES string of the molecule is CN1CC=C(C#Cc2cccc(-c3ccc4ncnc(N)c4n3)c2)C1=O. The number of carbonyl (C=O) groups excluding carboxylic acids is 1. The van der Waals surface area contributed by atoms with Gasteiger partial charge in [0.2, 0.25) is 0 Å². The van der Waals surface area contributed by atoms with Gasteiger partial charge in [0.15, 0.2) is 5.82 Å². The van der Waals surface area contributed by atoms with Crippen molar-refractivity contribution in [2.24, 2.45) is 0 Å². The smallest absolute Gasteiger partial charge is 0.262 e. The number of pyridine rings is 1. The molecule has 1 aliphatic rings. The number of hydrogen-bond acceptors (Lipinski definition) is 5. The van der Waals surface area contributed by atoms with Crippen LogP contribution in [-0.2, 0) is 4.79 Å². The van der Waals surface area contributed by atoms with Gasteiger partial charge >= 0.3 is 0 Å². The molecular formula is C20H15N5O. The molecule has 2 aromatic heterocycles. The van der Waals surface area contributed by atoms with Gasteiger partial charge in [0.05, 0.1) is 16.8 Å². The van der Waals surface area contributed by atoms with E-state index in [4.69, 9.17) is 5.73 Å². The Morgan fingerprint density at radius 1 is 1.15 bits per heavy atom. The summed E-state index contributed by atoms with van der Waals surface area (Å²) in [4.78, 5) is 26.2. The topological polar surface area (TPSA) is 85.0 Å². The second-order valence-electron chi connectivity index (χ2n) is 5.96. The molecule has 0 fully saturated rings. The number of nitrogens with two attached hydrogens (primary N) is 1. The molecule has 0 spiro atoms. The average molecular weight is 341 g/mol. The van der Waals surface area contributed by atoms with Crippen LogP contribution in [0.1, 0.15) is 5.56 Å². The fourth-order valence-corrected chi connectivity index (χ4v) is 2.72. The van der Waals surface area contributed by atoms with Gasteiger partial charge in [0.1, 0.15) is 11.8 Å². The van der Waals surface area contributed by atoms with Crippen molar-refractivity contribution in [3.8, 4) is 23.1 Å². The molecule has 6 nitrogen and oxygen atoms in total. The van der Waals surface area contributed by atoms with Crippen molar-refractivity contribution in [1.29, 1.82) is 0 Å². The number of fused-ring (bicyclic) bond motifs is 1. The first-order valence-electron chi connectivity index (χ1n) is 8.07. The first-order valence-corrected chi connectivity index (χ1v) is 8.07. The minimum absolute atomic E-state index is 0.0414. The lowest BCUT2D eigenvalue weighted by Gasteiger charge is -2.05. The van der Waals surface area contributed by atoms with Crippen LogP contribution in [-0.4, -0.2) is 39.4 Å². The Kier molecular flexibility index (Phi) is 3.82. The van der Waals surface area contributed by atoms with Crippen molar-refractivity contribution >= 4 is 22.8 Å². The number of amides is 1. The predicted molar refractivity (Wildman–Crippen MR) is 99.8 cm³/mol. The third-order valence-corrected chi connectivity index (χ3v) is 4.16. The second-order valence-corrected chi connectivity index (χ2v) is 5.96. The summed E-state index contributed by atoms with van der Waals surface area (Å²) in [5.74, 6) is 6.32. The first-order chi connectivity index (χ1) is 12.6. The number of nitrogen functional groups attached to an aromatic ring is 1. The van der Waals surface area contributed by atoms with Crippen molar-refractivity contribution in [2.45, 2.75) is 0 Å². The summed E-state index contributed by atoms with van der Waals surface area (Å²) in [6.45, 7) is 0.605. The van der Waals surface area contributed by atoms with Gasteiger partial charge in [-0.05, 0) is 30.3 Å². The van der Waals surface area contributed by atoms with E-state index in [1.807, 2.05) is 42.5 Å². The number of likely N-dealkylation sites (N-methyl/N-ethyl adjacent to an activating group) is 1. The summed E-state index contributed by atoms with van der Waals surface area (Å²) >= 11 is 0.